The largest absolute Gasteiger partial charge is 0.496 e. The number of rotatable bonds is 4. The van der Waals surface area contributed by atoms with Crippen molar-refractivity contribution in [3.63, 3.8) is 0 Å². The molecule has 0 fully saturated rings. The van der Waals surface area contributed by atoms with Crippen molar-refractivity contribution in [3.8, 4) is 5.75 Å². The van der Waals surface area contributed by atoms with Gasteiger partial charge in [0.15, 0.2) is 0 Å². The molecule has 2 aromatic rings. The van der Waals surface area contributed by atoms with Crippen molar-refractivity contribution in [1.29, 1.82) is 0 Å². The van der Waals surface area contributed by atoms with Crippen LogP contribution in [0.25, 0.3) is 0 Å². The topological polar surface area (TPSA) is 35.2 Å². The van der Waals surface area contributed by atoms with E-state index in [1.807, 2.05) is 24.3 Å². The lowest BCUT2D eigenvalue weighted by Gasteiger charge is -2.16. The number of nitrogens with two attached hydrogens (primary N) is 1. The van der Waals surface area contributed by atoms with E-state index in [1.54, 1.807) is 13.2 Å². The van der Waals surface area contributed by atoms with Gasteiger partial charge in [0.2, 0.25) is 0 Å². The Morgan fingerprint density at radius 2 is 2.00 bits per heavy atom. The Bertz CT molecular complexity index is 574. The Kier molecular flexibility index (Phi) is 4.40. The van der Waals surface area contributed by atoms with Crippen LogP contribution >= 0.6 is 11.6 Å². The summed E-state index contributed by atoms with van der Waals surface area (Å²) in [6, 6.07) is 11.7. The first-order valence-corrected chi connectivity index (χ1v) is 6.32. The highest BCUT2D eigenvalue weighted by Gasteiger charge is 2.13. The first-order chi connectivity index (χ1) is 9.11. The van der Waals surface area contributed by atoms with Crippen LogP contribution in [0.5, 0.6) is 5.75 Å². The molecule has 0 saturated carbocycles. The molecule has 2 rings (SSSR count). The summed E-state index contributed by atoms with van der Waals surface area (Å²) in [6.45, 7) is 0. The van der Waals surface area contributed by atoms with Crippen LogP contribution in [0.15, 0.2) is 42.5 Å². The Morgan fingerprint density at radius 1 is 1.26 bits per heavy atom. The maximum absolute atomic E-state index is 13.0. The van der Waals surface area contributed by atoms with Gasteiger partial charge in [0.05, 0.1) is 7.11 Å². The lowest BCUT2D eigenvalue weighted by atomic mass is 9.99. The van der Waals surface area contributed by atoms with Crippen molar-refractivity contribution in [2.24, 2.45) is 5.73 Å². The zero-order valence-corrected chi connectivity index (χ0v) is 11.3. The molecule has 2 aromatic carbocycles. The number of benzene rings is 2. The van der Waals surface area contributed by atoms with Crippen LogP contribution in [-0.4, -0.2) is 7.11 Å². The van der Waals surface area contributed by atoms with Crippen molar-refractivity contribution in [2.45, 2.75) is 12.5 Å². The Hall–Kier alpha value is -1.58. The van der Waals surface area contributed by atoms with Gasteiger partial charge in [0.1, 0.15) is 11.6 Å². The highest BCUT2D eigenvalue weighted by Crippen LogP contribution is 2.28. The van der Waals surface area contributed by atoms with Crippen molar-refractivity contribution < 1.29 is 9.13 Å². The Balaban J connectivity index is 2.23. The summed E-state index contributed by atoms with van der Waals surface area (Å²) in [5, 5.41) is 0.394. The van der Waals surface area contributed by atoms with E-state index in [4.69, 9.17) is 22.1 Å². The van der Waals surface area contributed by atoms with Crippen molar-refractivity contribution >= 4 is 11.6 Å². The fourth-order valence-electron chi connectivity index (χ4n) is 2.01. The van der Waals surface area contributed by atoms with Gasteiger partial charge >= 0.3 is 0 Å². The summed E-state index contributed by atoms with van der Waals surface area (Å²) in [5.41, 5.74) is 7.91. The van der Waals surface area contributed by atoms with Gasteiger partial charge in [-0.1, -0.05) is 35.9 Å². The second-order valence-corrected chi connectivity index (χ2v) is 4.70. The molecule has 2 nitrogen and oxygen atoms in total. The first-order valence-electron chi connectivity index (χ1n) is 5.94. The number of halogens is 2. The smallest absolute Gasteiger partial charge is 0.124 e. The zero-order chi connectivity index (χ0) is 13.8. The van der Waals surface area contributed by atoms with E-state index >= 15 is 0 Å². The van der Waals surface area contributed by atoms with Gasteiger partial charge in [-0.05, 0) is 30.2 Å². The number of ether oxygens (including phenoxy) is 1. The summed E-state index contributed by atoms with van der Waals surface area (Å²) >= 11 is 6.01. The lowest BCUT2D eigenvalue weighted by molar-refractivity contribution is 0.405. The lowest BCUT2D eigenvalue weighted by Crippen LogP contribution is -2.14. The SMILES string of the molecule is COc1ccccc1C(N)Cc1ccc(F)cc1Cl. The van der Waals surface area contributed by atoms with Crippen LogP contribution in [0, 0.1) is 5.82 Å². The van der Waals surface area contributed by atoms with E-state index in [9.17, 15) is 4.39 Å². The van der Waals surface area contributed by atoms with E-state index < -0.39 is 0 Å². The average Bonchev–Trinajstić information content (AvgIpc) is 2.41. The van der Waals surface area contributed by atoms with E-state index in [-0.39, 0.29) is 11.9 Å². The number of hydrogen-bond acceptors (Lipinski definition) is 2. The molecule has 1 unspecified atom stereocenters. The molecule has 0 radical (unpaired) electrons. The second-order valence-electron chi connectivity index (χ2n) is 4.29. The summed E-state index contributed by atoms with van der Waals surface area (Å²) in [5.74, 6) is 0.396. The van der Waals surface area contributed by atoms with Crippen molar-refractivity contribution in [2.75, 3.05) is 7.11 Å². The van der Waals surface area contributed by atoms with Gasteiger partial charge in [0.25, 0.3) is 0 Å². The molecule has 0 saturated heterocycles. The van der Waals surface area contributed by atoms with Crippen LogP contribution in [0.1, 0.15) is 17.2 Å². The molecular weight excluding hydrogens is 265 g/mol. The van der Waals surface area contributed by atoms with Crippen LogP contribution in [0.2, 0.25) is 5.02 Å². The van der Waals surface area contributed by atoms with Gasteiger partial charge in [-0.15, -0.1) is 0 Å². The molecule has 0 amide bonds. The molecule has 0 spiro atoms. The van der Waals surface area contributed by atoms with E-state index in [0.29, 0.717) is 11.4 Å². The minimum absolute atomic E-state index is 0.251. The molecule has 0 heterocycles. The molecule has 2 N–H and O–H groups in total. The molecule has 19 heavy (non-hydrogen) atoms. The molecule has 0 aliphatic heterocycles. The fourth-order valence-corrected chi connectivity index (χ4v) is 2.25. The number of hydrogen-bond donors (Lipinski definition) is 1. The highest BCUT2D eigenvalue weighted by molar-refractivity contribution is 6.31. The van der Waals surface area contributed by atoms with Gasteiger partial charge in [-0.2, -0.15) is 0 Å². The number of para-hydroxylation sites is 1. The standard InChI is InChI=1S/C15H15ClFNO/c1-19-15-5-3-2-4-12(15)14(18)8-10-6-7-11(17)9-13(10)16/h2-7,9,14H,8,18H2,1H3. The van der Waals surface area contributed by atoms with E-state index in [2.05, 4.69) is 0 Å². The molecule has 4 heteroatoms. The average molecular weight is 280 g/mol. The molecule has 0 aliphatic carbocycles. The summed E-state index contributed by atoms with van der Waals surface area (Å²) < 4.78 is 18.3. The maximum Gasteiger partial charge on any atom is 0.124 e. The minimum Gasteiger partial charge on any atom is -0.496 e. The van der Waals surface area contributed by atoms with Crippen LogP contribution in [0.3, 0.4) is 0 Å². The molecular formula is C15H15ClFNO. The van der Waals surface area contributed by atoms with Crippen molar-refractivity contribution in [1.82, 2.24) is 0 Å². The summed E-state index contributed by atoms with van der Waals surface area (Å²) in [7, 11) is 1.61. The van der Waals surface area contributed by atoms with Crippen LogP contribution < -0.4 is 10.5 Å². The number of methoxy groups -OCH3 is 1. The maximum atomic E-state index is 13.0. The summed E-state index contributed by atoms with van der Waals surface area (Å²) in [6.07, 6.45) is 0.527. The Morgan fingerprint density at radius 3 is 2.68 bits per heavy atom. The zero-order valence-electron chi connectivity index (χ0n) is 10.6. The third-order valence-corrected chi connectivity index (χ3v) is 3.35. The fraction of sp³-hybridized carbons (Fsp3) is 0.200. The van der Waals surface area contributed by atoms with E-state index in [0.717, 1.165) is 16.9 Å². The quantitative estimate of drug-likeness (QED) is 0.925. The molecule has 1 atom stereocenters. The van der Waals surface area contributed by atoms with Gasteiger partial charge < -0.3 is 10.5 Å². The van der Waals surface area contributed by atoms with Gasteiger partial charge in [0, 0.05) is 16.6 Å². The molecule has 0 aromatic heterocycles. The highest BCUT2D eigenvalue weighted by atomic mass is 35.5. The van der Waals surface area contributed by atoms with E-state index in [1.165, 1.54) is 12.1 Å². The molecule has 0 aliphatic rings. The van der Waals surface area contributed by atoms with Gasteiger partial charge in [-0.3, -0.25) is 0 Å². The minimum atomic E-state index is -0.348. The molecule has 0 bridgehead atoms. The predicted octanol–water partition coefficient (Wildman–Crippen LogP) is 3.73. The third-order valence-electron chi connectivity index (χ3n) is 2.99. The molecule has 100 valence electrons. The van der Waals surface area contributed by atoms with Crippen LogP contribution in [-0.2, 0) is 6.42 Å². The first kappa shape index (κ1) is 13.8. The van der Waals surface area contributed by atoms with Gasteiger partial charge in [-0.25, -0.2) is 4.39 Å². The second kappa shape index (κ2) is 6.04. The van der Waals surface area contributed by atoms with Crippen LogP contribution in [0.4, 0.5) is 4.39 Å². The predicted molar refractivity (Wildman–Crippen MR) is 75.0 cm³/mol. The normalized spacial score (nSPS) is 12.2. The monoisotopic (exact) mass is 279 g/mol. The third kappa shape index (κ3) is 3.25. The van der Waals surface area contributed by atoms with Crippen molar-refractivity contribution in [3.05, 3.63) is 64.4 Å². The summed E-state index contributed by atoms with van der Waals surface area (Å²) in [4.78, 5) is 0. The Labute approximate surface area is 117 Å².